The molecule has 0 aliphatic carbocycles. The number of allylic oxidation sites excluding steroid dienone is 1. The number of aryl methyl sites for hydroxylation is 1. The Bertz CT molecular complexity index is 1380. The average molecular weight is 462 g/mol. The molecule has 4 rings (SSSR count). The topological polar surface area (TPSA) is 114 Å². The van der Waals surface area contributed by atoms with Crippen LogP contribution < -0.4 is 15.4 Å². The molecule has 0 aliphatic heterocycles. The van der Waals surface area contributed by atoms with Gasteiger partial charge in [0, 0.05) is 41.2 Å². The van der Waals surface area contributed by atoms with Crippen LogP contribution in [0.1, 0.15) is 12.5 Å². The van der Waals surface area contributed by atoms with Crippen molar-refractivity contribution in [3.63, 3.8) is 0 Å². The second kappa shape index (κ2) is 9.13. The molecule has 0 fully saturated rings. The zero-order valence-electron chi connectivity index (χ0n) is 18.1. The summed E-state index contributed by atoms with van der Waals surface area (Å²) in [5.41, 5.74) is 3.49. The Morgan fingerprint density at radius 2 is 1.82 bits per heavy atom. The first-order valence-electron chi connectivity index (χ1n) is 10.1. The predicted molar refractivity (Wildman–Crippen MR) is 128 cm³/mol. The molecule has 9 nitrogen and oxygen atoms in total. The molecule has 0 atom stereocenters. The summed E-state index contributed by atoms with van der Waals surface area (Å²) in [6.07, 6.45) is 5.29. The lowest BCUT2D eigenvalue weighted by Crippen LogP contribution is -2.21. The fraction of sp³-hybridized carbons (Fsp3) is 0.0870. The average Bonchev–Trinajstić information content (AvgIpc) is 3.31. The van der Waals surface area contributed by atoms with Crippen molar-refractivity contribution >= 4 is 33.2 Å². The summed E-state index contributed by atoms with van der Waals surface area (Å²) >= 11 is 0. The highest BCUT2D eigenvalue weighted by Crippen LogP contribution is 2.23. The quantitative estimate of drug-likeness (QED) is 0.359. The lowest BCUT2D eigenvalue weighted by molar-refractivity contribution is 0.589. The Balaban J connectivity index is 1.52. The number of sulfonamides is 1. The minimum atomic E-state index is -3.69. The highest BCUT2D eigenvalue weighted by Gasteiger charge is 2.14. The van der Waals surface area contributed by atoms with E-state index in [1.54, 1.807) is 36.1 Å². The first kappa shape index (κ1) is 22.0. The Labute approximate surface area is 192 Å². The van der Waals surface area contributed by atoms with Crippen molar-refractivity contribution in [3.05, 3.63) is 91.0 Å². The van der Waals surface area contributed by atoms with Gasteiger partial charge in [-0.25, -0.2) is 18.1 Å². The number of rotatable bonds is 8. The Morgan fingerprint density at radius 3 is 2.52 bits per heavy atom. The van der Waals surface area contributed by atoms with Crippen LogP contribution in [0.25, 0.3) is 5.69 Å². The molecule has 2 aromatic carbocycles. The summed E-state index contributed by atoms with van der Waals surface area (Å²) in [5, 5.41) is 10.6. The molecule has 168 valence electrons. The fourth-order valence-corrected chi connectivity index (χ4v) is 4.16. The second-order valence-electron chi connectivity index (χ2n) is 7.39. The lowest BCUT2D eigenvalue weighted by Gasteiger charge is -2.13. The number of nitrogens with one attached hydrogen (secondary N) is 3. The van der Waals surface area contributed by atoms with Gasteiger partial charge in [0.2, 0.25) is 5.95 Å². The fourth-order valence-electron chi connectivity index (χ4n) is 3.04. The van der Waals surface area contributed by atoms with Crippen LogP contribution >= 0.6 is 0 Å². The molecule has 0 bridgehead atoms. The molecule has 33 heavy (non-hydrogen) atoms. The third-order valence-corrected chi connectivity index (χ3v) is 6.07. The van der Waals surface area contributed by atoms with E-state index in [0.29, 0.717) is 23.2 Å². The van der Waals surface area contributed by atoms with E-state index in [-0.39, 0.29) is 4.90 Å². The third kappa shape index (κ3) is 5.36. The van der Waals surface area contributed by atoms with E-state index in [1.807, 2.05) is 43.5 Å². The maximum absolute atomic E-state index is 12.4. The van der Waals surface area contributed by atoms with E-state index >= 15 is 0 Å². The highest BCUT2D eigenvalue weighted by molar-refractivity contribution is 7.89. The Hall–Kier alpha value is -4.18. The Morgan fingerprint density at radius 1 is 1.03 bits per heavy atom. The molecule has 0 saturated heterocycles. The van der Waals surface area contributed by atoms with Gasteiger partial charge in [-0.2, -0.15) is 10.1 Å². The van der Waals surface area contributed by atoms with Crippen molar-refractivity contribution in [2.45, 2.75) is 18.7 Å². The van der Waals surface area contributed by atoms with Crippen molar-refractivity contribution in [2.24, 2.45) is 0 Å². The largest absolute Gasteiger partial charge is 0.340 e. The van der Waals surface area contributed by atoms with Crippen molar-refractivity contribution in [3.8, 4) is 5.69 Å². The van der Waals surface area contributed by atoms with E-state index < -0.39 is 10.0 Å². The first-order valence-corrected chi connectivity index (χ1v) is 11.5. The van der Waals surface area contributed by atoms with E-state index in [0.717, 1.165) is 16.9 Å². The molecular formula is C23H23N7O2S. The zero-order valence-corrected chi connectivity index (χ0v) is 19.0. The number of hydrogen-bond acceptors (Lipinski definition) is 7. The third-order valence-electron chi connectivity index (χ3n) is 4.58. The molecule has 0 saturated carbocycles. The molecule has 4 aromatic rings. The minimum Gasteiger partial charge on any atom is -0.340 e. The number of aromatic nitrogens is 4. The number of benzene rings is 2. The molecule has 0 amide bonds. The van der Waals surface area contributed by atoms with Crippen molar-refractivity contribution in [1.82, 2.24) is 24.5 Å². The van der Waals surface area contributed by atoms with Crippen molar-refractivity contribution in [1.29, 1.82) is 0 Å². The summed E-state index contributed by atoms with van der Waals surface area (Å²) < 4.78 is 29.0. The van der Waals surface area contributed by atoms with Gasteiger partial charge in [0.05, 0.1) is 10.6 Å². The first-order chi connectivity index (χ1) is 15.8. The van der Waals surface area contributed by atoms with Gasteiger partial charge in [-0.15, -0.1) is 0 Å². The molecule has 0 spiro atoms. The van der Waals surface area contributed by atoms with Gasteiger partial charge in [0.25, 0.3) is 10.0 Å². The van der Waals surface area contributed by atoms with Gasteiger partial charge < -0.3 is 10.6 Å². The maximum Gasteiger partial charge on any atom is 0.261 e. The van der Waals surface area contributed by atoms with Gasteiger partial charge in [0.15, 0.2) is 0 Å². The van der Waals surface area contributed by atoms with Crippen LogP contribution in [0, 0.1) is 6.92 Å². The SMILES string of the molecule is C=C(C)NS(=O)(=O)c1cccc(Nc2nc(Nc3ccc(-n4cccn4)cc3)ncc2C)c1. The van der Waals surface area contributed by atoms with Crippen LogP contribution in [-0.4, -0.2) is 28.2 Å². The zero-order chi connectivity index (χ0) is 23.4. The molecule has 10 heteroatoms. The van der Waals surface area contributed by atoms with Crippen LogP contribution in [0.3, 0.4) is 0 Å². The van der Waals surface area contributed by atoms with Crippen LogP contribution in [0.5, 0.6) is 0 Å². The highest BCUT2D eigenvalue weighted by atomic mass is 32.2. The molecule has 2 aromatic heterocycles. The molecule has 0 radical (unpaired) electrons. The monoisotopic (exact) mass is 461 g/mol. The minimum absolute atomic E-state index is 0.123. The van der Waals surface area contributed by atoms with Gasteiger partial charge in [-0.1, -0.05) is 12.6 Å². The normalized spacial score (nSPS) is 11.1. The summed E-state index contributed by atoms with van der Waals surface area (Å²) in [5.74, 6) is 0.964. The van der Waals surface area contributed by atoms with Gasteiger partial charge >= 0.3 is 0 Å². The van der Waals surface area contributed by atoms with Gasteiger partial charge in [-0.3, -0.25) is 4.72 Å². The molecule has 0 unspecified atom stereocenters. The van der Waals surface area contributed by atoms with Crippen LogP contribution in [0.15, 0.2) is 90.4 Å². The standard InChI is InChI=1S/C23H23N7O2S/c1-16(2)29-33(31,32)21-7-4-6-19(14-21)26-22-17(3)15-24-23(28-22)27-18-8-10-20(11-9-18)30-13-5-12-25-30/h4-15,29H,1H2,2-3H3,(H2,24,26,27,28). The second-order valence-corrected chi connectivity index (χ2v) is 9.07. The Kier molecular flexibility index (Phi) is 6.09. The molecular weight excluding hydrogens is 438 g/mol. The van der Waals surface area contributed by atoms with Crippen molar-refractivity contribution in [2.75, 3.05) is 10.6 Å². The summed E-state index contributed by atoms with van der Waals surface area (Å²) in [4.78, 5) is 9.01. The molecule has 3 N–H and O–H groups in total. The van der Waals surface area contributed by atoms with Crippen LogP contribution in [-0.2, 0) is 10.0 Å². The summed E-state index contributed by atoms with van der Waals surface area (Å²) in [6, 6.07) is 16.0. The molecule has 0 aliphatic rings. The lowest BCUT2D eigenvalue weighted by atomic mass is 10.3. The van der Waals surface area contributed by atoms with Crippen LogP contribution in [0.4, 0.5) is 23.1 Å². The maximum atomic E-state index is 12.4. The smallest absolute Gasteiger partial charge is 0.261 e. The van der Waals surface area contributed by atoms with E-state index in [2.05, 4.69) is 37.0 Å². The number of nitrogens with zero attached hydrogens (tertiary/aromatic N) is 4. The van der Waals surface area contributed by atoms with E-state index in [9.17, 15) is 8.42 Å². The van der Waals surface area contributed by atoms with Crippen molar-refractivity contribution < 1.29 is 8.42 Å². The summed E-state index contributed by atoms with van der Waals surface area (Å²) in [6.45, 7) is 7.05. The number of hydrogen-bond donors (Lipinski definition) is 3. The molecule has 2 heterocycles. The van der Waals surface area contributed by atoms with Crippen LogP contribution in [0.2, 0.25) is 0 Å². The summed E-state index contributed by atoms with van der Waals surface area (Å²) in [7, 11) is -3.69. The van der Waals surface area contributed by atoms with Gasteiger partial charge in [0.1, 0.15) is 5.82 Å². The van der Waals surface area contributed by atoms with Gasteiger partial charge in [-0.05, 0) is 62.4 Å². The van der Waals surface area contributed by atoms with E-state index in [1.165, 1.54) is 12.1 Å². The number of anilines is 4. The van der Waals surface area contributed by atoms with E-state index in [4.69, 9.17) is 0 Å². The predicted octanol–water partition coefficient (Wildman–Crippen LogP) is 4.27.